The predicted octanol–water partition coefficient (Wildman–Crippen LogP) is 3.20. The zero-order valence-corrected chi connectivity index (χ0v) is 21.2. The minimum atomic E-state index is -4.37. The van der Waals surface area contributed by atoms with Gasteiger partial charge in [0, 0.05) is 24.2 Å². The average molecular weight is 491 g/mol. The van der Waals surface area contributed by atoms with Crippen LogP contribution in [0.5, 0.6) is 0 Å². The molecule has 2 unspecified atom stereocenters. The van der Waals surface area contributed by atoms with E-state index < -0.39 is 38.3 Å². The minimum Gasteiger partial charge on any atom is -0.378 e. The van der Waals surface area contributed by atoms with Crippen molar-refractivity contribution in [2.45, 2.75) is 58.7 Å². The number of nitrogens with zero attached hydrogens (tertiary/aromatic N) is 2. The maximum atomic E-state index is 14.4. The molecule has 3 aliphatic rings. The number of sulfonamides is 1. The summed E-state index contributed by atoms with van der Waals surface area (Å²) >= 11 is 0. The number of rotatable bonds is 7. The van der Waals surface area contributed by atoms with Crippen molar-refractivity contribution in [1.29, 1.82) is 0 Å². The van der Waals surface area contributed by atoms with Gasteiger partial charge in [-0.1, -0.05) is 45.0 Å². The van der Waals surface area contributed by atoms with Gasteiger partial charge in [-0.15, -0.1) is 0 Å². The fraction of sp³-hybridized carbons (Fsp3) is 0.600. The monoisotopic (exact) mass is 490 g/mol. The van der Waals surface area contributed by atoms with Gasteiger partial charge in [0.1, 0.15) is 11.4 Å². The standard InChI is InChI=1S/C25H34N2O6S/c1-5-18-16-33-25(4,11-10-17(2)3)27(18)34(30,31)24-21(26-12-14-32-15-13-26)22(28)19-8-6-7-9-20(19)23(24)29/h6-9,17-18H,5,10-16H2,1-4H3. The summed E-state index contributed by atoms with van der Waals surface area (Å²) in [7, 11) is -4.37. The topological polar surface area (TPSA) is 93.2 Å². The third-order valence-corrected chi connectivity index (χ3v) is 9.04. The number of ketones is 2. The first kappa shape index (κ1) is 25.0. The highest BCUT2D eigenvalue weighted by molar-refractivity contribution is 7.94. The summed E-state index contributed by atoms with van der Waals surface area (Å²) in [6.45, 7) is 9.49. The van der Waals surface area contributed by atoms with E-state index in [1.807, 2.05) is 6.92 Å². The first-order valence-electron chi connectivity index (χ1n) is 12.1. The van der Waals surface area contributed by atoms with Crippen molar-refractivity contribution in [3.05, 3.63) is 46.0 Å². The molecule has 9 heteroatoms. The Morgan fingerprint density at radius 2 is 1.71 bits per heavy atom. The molecule has 0 spiro atoms. The molecule has 0 N–H and O–H groups in total. The molecule has 0 aromatic heterocycles. The number of ether oxygens (including phenoxy) is 2. The summed E-state index contributed by atoms with van der Waals surface area (Å²) in [5.74, 6) is -0.712. The van der Waals surface area contributed by atoms with Crippen LogP contribution in [0, 0.1) is 5.92 Å². The molecule has 2 fully saturated rings. The largest absolute Gasteiger partial charge is 0.378 e. The number of morpholine rings is 1. The van der Waals surface area contributed by atoms with Crippen molar-refractivity contribution in [3.8, 4) is 0 Å². The second kappa shape index (κ2) is 9.53. The Balaban J connectivity index is 1.89. The molecule has 1 aromatic carbocycles. The van der Waals surface area contributed by atoms with Crippen LogP contribution < -0.4 is 0 Å². The van der Waals surface area contributed by atoms with Gasteiger partial charge in [-0.05, 0) is 32.1 Å². The second-order valence-corrected chi connectivity index (χ2v) is 11.5. The lowest BCUT2D eigenvalue weighted by atomic mass is 9.91. The molecule has 0 amide bonds. The van der Waals surface area contributed by atoms with E-state index in [1.165, 1.54) is 10.4 Å². The lowest BCUT2D eigenvalue weighted by Crippen LogP contribution is -2.52. The van der Waals surface area contributed by atoms with Crippen LogP contribution in [-0.4, -0.2) is 73.9 Å². The molecule has 0 saturated carbocycles. The van der Waals surface area contributed by atoms with Gasteiger partial charge in [-0.3, -0.25) is 9.59 Å². The van der Waals surface area contributed by atoms with E-state index in [1.54, 1.807) is 30.0 Å². The summed E-state index contributed by atoms with van der Waals surface area (Å²) in [5, 5.41) is 0. The summed E-state index contributed by atoms with van der Waals surface area (Å²) in [4.78, 5) is 28.7. The van der Waals surface area contributed by atoms with Crippen LogP contribution in [0.25, 0.3) is 0 Å². The smallest absolute Gasteiger partial charge is 0.251 e. The molecule has 2 atom stereocenters. The lowest BCUT2D eigenvalue weighted by Gasteiger charge is -2.39. The number of carbonyl (C=O) groups excluding carboxylic acids is 2. The molecular weight excluding hydrogens is 456 g/mol. The van der Waals surface area contributed by atoms with Crippen molar-refractivity contribution in [1.82, 2.24) is 9.21 Å². The quantitative estimate of drug-likeness (QED) is 0.579. The summed E-state index contributed by atoms with van der Waals surface area (Å²) < 4.78 is 41.7. The Labute approximate surface area is 201 Å². The van der Waals surface area contributed by atoms with Gasteiger partial charge in [-0.25, -0.2) is 8.42 Å². The van der Waals surface area contributed by atoms with Crippen LogP contribution in [0.2, 0.25) is 0 Å². The predicted molar refractivity (Wildman–Crippen MR) is 128 cm³/mol. The molecule has 2 aliphatic heterocycles. The molecule has 2 heterocycles. The van der Waals surface area contributed by atoms with Crippen LogP contribution in [0.1, 0.15) is 67.7 Å². The number of benzene rings is 1. The molecule has 1 aromatic rings. The SMILES string of the molecule is CCC1COC(C)(CCC(C)C)N1S(=O)(=O)C1=C(N2CCOCC2)C(=O)c2ccccc2C1=O. The molecule has 186 valence electrons. The van der Waals surface area contributed by atoms with Crippen LogP contribution in [0.3, 0.4) is 0 Å². The van der Waals surface area contributed by atoms with Crippen LogP contribution in [-0.2, 0) is 19.5 Å². The summed E-state index contributed by atoms with van der Waals surface area (Å²) in [6, 6.07) is 6.02. The molecule has 0 radical (unpaired) electrons. The second-order valence-electron chi connectivity index (χ2n) is 9.76. The van der Waals surface area contributed by atoms with Gasteiger partial charge in [0.05, 0.1) is 25.9 Å². The van der Waals surface area contributed by atoms with Crippen molar-refractivity contribution in [2.24, 2.45) is 5.92 Å². The van der Waals surface area contributed by atoms with Crippen molar-refractivity contribution >= 4 is 21.6 Å². The van der Waals surface area contributed by atoms with Crippen LogP contribution in [0.4, 0.5) is 0 Å². The normalized spacial score (nSPS) is 26.5. The highest BCUT2D eigenvalue weighted by Gasteiger charge is 2.54. The summed E-state index contributed by atoms with van der Waals surface area (Å²) in [6.07, 6.45) is 1.80. The van der Waals surface area contributed by atoms with E-state index in [9.17, 15) is 18.0 Å². The van der Waals surface area contributed by atoms with E-state index in [2.05, 4.69) is 13.8 Å². The first-order chi connectivity index (χ1) is 16.1. The van der Waals surface area contributed by atoms with Crippen molar-refractivity contribution in [3.63, 3.8) is 0 Å². The van der Waals surface area contributed by atoms with Gasteiger partial charge in [0.25, 0.3) is 10.0 Å². The van der Waals surface area contributed by atoms with Gasteiger partial charge in [-0.2, -0.15) is 4.31 Å². The Bertz CT molecular complexity index is 1110. The Kier molecular flexibility index (Phi) is 7.01. The van der Waals surface area contributed by atoms with Gasteiger partial charge in [0.15, 0.2) is 4.91 Å². The van der Waals surface area contributed by atoms with E-state index in [4.69, 9.17) is 9.47 Å². The molecule has 2 saturated heterocycles. The third-order valence-electron chi connectivity index (χ3n) is 6.94. The fourth-order valence-corrected chi connectivity index (χ4v) is 7.28. The number of hydrogen-bond donors (Lipinski definition) is 0. The molecule has 0 bridgehead atoms. The zero-order valence-electron chi connectivity index (χ0n) is 20.4. The molecule has 1 aliphatic carbocycles. The first-order valence-corrected chi connectivity index (χ1v) is 13.5. The van der Waals surface area contributed by atoms with E-state index >= 15 is 0 Å². The number of carbonyl (C=O) groups is 2. The molecule has 4 rings (SSSR count). The van der Waals surface area contributed by atoms with Crippen molar-refractivity contribution < 1.29 is 27.5 Å². The number of Topliss-reactive ketones (excluding diaryl/α,β-unsaturated/α-hetero) is 2. The number of hydrogen-bond acceptors (Lipinski definition) is 7. The molecule has 34 heavy (non-hydrogen) atoms. The zero-order chi connectivity index (χ0) is 24.7. The van der Waals surface area contributed by atoms with E-state index in [-0.39, 0.29) is 23.4 Å². The lowest BCUT2D eigenvalue weighted by molar-refractivity contribution is -0.0430. The maximum absolute atomic E-state index is 14.4. The summed E-state index contributed by atoms with van der Waals surface area (Å²) in [5.41, 5.74) is -0.770. The highest BCUT2D eigenvalue weighted by atomic mass is 32.2. The van der Waals surface area contributed by atoms with E-state index in [0.717, 1.165) is 6.42 Å². The fourth-order valence-electron chi connectivity index (χ4n) is 5.02. The number of fused-ring (bicyclic) bond motifs is 1. The Morgan fingerprint density at radius 1 is 1.09 bits per heavy atom. The van der Waals surface area contributed by atoms with Crippen LogP contribution >= 0.6 is 0 Å². The molecular formula is C25H34N2O6S. The Morgan fingerprint density at radius 3 is 2.29 bits per heavy atom. The molecule has 8 nitrogen and oxygen atoms in total. The maximum Gasteiger partial charge on any atom is 0.251 e. The van der Waals surface area contributed by atoms with Crippen molar-refractivity contribution in [2.75, 3.05) is 32.9 Å². The highest BCUT2D eigenvalue weighted by Crippen LogP contribution is 2.42. The average Bonchev–Trinajstić information content (AvgIpc) is 3.18. The van der Waals surface area contributed by atoms with E-state index in [0.29, 0.717) is 45.1 Å². The Hall–Kier alpha value is -2.07. The van der Waals surface area contributed by atoms with Gasteiger partial charge >= 0.3 is 0 Å². The minimum absolute atomic E-state index is 0.0417. The van der Waals surface area contributed by atoms with Gasteiger partial charge in [0.2, 0.25) is 11.6 Å². The third kappa shape index (κ3) is 4.23. The number of allylic oxidation sites excluding steroid dienone is 2. The van der Waals surface area contributed by atoms with Crippen LogP contribution in [0.15, 0.2) is 34.9 Å². The van der Waals surface area contributed by atoms with Gasteiger partial charge < -0.3 is 14.4 Å².